The molecule has 0 radical (unpaired) electrons. The normalized spacial score (nSPS) is 24.2. The smallest absolute Gasteiger partial charge is 0.407 e. The monoisotopic (exact) mass is 511 g/mol. The van der Waals surface area contributed by atoms with Crippen molar-refractivity contribution in [3.63, 3.8) is 0 Å². The summed E-state index contributed by atoms with van der Waals surface area (Å²) in [5.74, 6) is -0.212. The van der Waals surface area contributed by atoms with Gasteiger partial charge in [-0.2, -0.15) is 0 Å². The van der Waals surface area contributed by atoms with Crippen LogP contribution in [-0.4, -0.2) is 90.7 Å². The number of amides is 3. The summed E-state index contributed by atoms with van der Waals surface area (Å²) in [7, 11) is 3.15. The van der Waals surface area contributed by atoms with Gasteiger partial charge in [0.1, 0.15) is 0 Å². The van der Waals surface area contributed by atoms with Crippen molar-refractivity contribution in [2.24, 2.45) is 11.3 Å². The fourth-order valence-corrected chi connectivity index (χ4v) is 5.65. The molecule has 3 amide bonds. The van der Waals surface area contributed by atoms with Gasteiger partial charge in [-0.25, -0.2) is 4.79 Å². The average Bonchev–Trinajstić information content (AvgIpc) is 3.48. The maximum Gasteiger partial charge on any atom is 0.407 e. The summed E-state index contributed by atoms with van der Waals surface area (Å²) in [4.78, 5) is 43.0. The molecule has 2 aliphatic heterocycles. The number of carbonyl (C=O) groups is 3. The van der Waals surface area contributed by atoms with Crippen LogP contribution in [0.15, 0.2) is 18.2 Å². The third-order valence-corrected chi connectivity index (χ3v) is 8.37. The number of hydrogen-bond acceptors (Lipinski definition) is 4. The molecule has 1 aliphatic carbocycles. The van der Waals surface area contributed by atoms with Gasteiger partial charge in [0, 0.05) is 52.2 Å². The third kappa shape index (κ3) is 4.86. The number of nitrogens with zero attached hydrogens (tertiary/aromatic N) is 3. The average molecular weight is 512 g/mol. The number of carboxylic acid groups (broad SMARTS) is 1. The second-order valence-electron chi connectivity index (χ2n) is 9.76. The van der Waals surface area contributed by atoms with Crippen LogP contribution < -0.4 is 0 Å². The van der Waals surface area contributed by atoms with Crippen LogP contribution in [0, 0.1) is 11.3 Å². The Morgan fingerprint density at radius 2 is 1.79 bits per heavy atom. The fourth-order valence-electron chi connectivity index (χ4n) is 5.34. The maximum absolute atomic E-state index is 13.4. The number of benzene rings is 1. The number of hydrogen-bond donors (Lipinski definition) is 1. The first kappa shape index (κ1) is 25.1. The van der Waals surface area contributed by atoms with Gasteiger partial charge in [0.05, 0.1) is 28.1 Å². The van der Waals surface area contributed by atoms with Gasteiger partial charge < -0.3 is 24.5 Å². The lowest BCUT2D eigenvalue weighted by molar-refractivity contribution is -0.144. The molecule has 1 saturated carbocycles. The molecule has 34 heavy (non-hydrogen) atoms. The number of likely N-dealkylation sites (tertiary alicyclic amines) is 2. The Hall–Kier alpha value is -2.03. The summed E-state index contributed by atoms with van der Waals surface area (Å²) in [6.45, 7) is 2.30. The molecule has 8 nitrogen and oxygen atoms in total. The standard InChI is InChI=1S/C24H31Cl2N3O5/c1-27(23(32)33)20-13-29(12-17(20)16-3-4-18(25)19(26)11-16)21(30)15-5-9-28(10-6-15)22(31)24(7-8-24)14-34-2/h3-4,11,15,17,20H,5-10,12-14H2,1-2H3,(H,32,33)/t17-,20+/m0/s1. The Labute approximate surface area is 209 Å². The van der Waals surface area contributed by atoms with Gasteiger partial charge in [-0.1, -0.05) is 29.3 Å². The highest BCUT2D eigenvalue weighted by atomic mass is 35.5. The molecule has 3 fully saturated rings. The summed E-state index contributed by atoms with van der Waals surface area (Å²) >= 11 is 12.3. The van der Waals surface area contributed by atoms with E-state index in [1.54, 1.807) is 24.1 Å². The van der Waals surface area contributed by atoms with E-state index in [1.807, 2.05) is 11.0 Å². The number of rotatable bonds is 6. The van der Waals surface area contributed by atoms with Gasteiger partial charge in [-0.05, 0) is 43.4 Å². The predicted octanol–water partition coefficient (Wildman–Crippen LogP) is 3.56. The maximum atomic E-state index is 13.4. The lowest BCUT2D eigenvalue weighted by atomic mass is 9.93. The van der Waals surface area contributed by atoms with Crippen LogP contribution in [-0.2, 0) is 14.3 Å². The second kappa shape index (κ2) is 9.91. The highest BCUT2D eigenvalue weighted by molar-refractivity contribution is 6.42. The first-order chi connectivity index (χ1) is 16.2. The summed E-state index contributed by atoms with van der Waals surface area (Å²) in [5, 5.41) is 10.4. The number of ether oxygens (including phenoxy) is 1. The molecule has 2 saturated heterocycles. The van der Waals surface area contributed by atoms with Crippen molar-refractivity contribution in [1.29, 1.82) is 0 Å². The van der Waals surface area contributed by atoms with Crippen LogP contribution >= 0.6 is 23.2 Å². The molecular formula is C24H31Cl2N3O5. The van der Waals surface area contributed by atoms with Crippen molar-refractivity contribution in [2.45, 2.75) is 37.6 Å². The van der Waals surface area contributed by atoms with E-state index in [0.717, 1.165) is 18.4 Å². The van der Waals surface area contributed by atoms with E-state index in [0.29, 0.717) is 55.7 Å². The second-order valence-corrected chi connectivity index (χ2v) is 10.6. The van der Waals surface area contributed by atoms with Gasteiger partial charge in [-0.3, -0.25) is 9.59 Å². The van der Waals surface area contributed by atoms with Crippen LogP contribution in [0.2, 0.25) is 10.0 Å². The third-order valence-electron chi connectivity index (χ3n) is 7.63. The van der Waals surface area contributed by atoms with Gasteiger partial charge >= 0.3 is 6.09 Å². The van der Waals surface area contributed by atoms with Crippen molar-refractivity contribution in [1.82, 2.24) is 14.7 Å². The van der Waals surface area contributed by atoms with E-state index < -0.39 is 6.09 Å². The molecule has 1 aromatic rings. The van der Waals surface area contributed by atoms with Gasteiger partial charge in [0.2, 0.25) is 11.8 Å². The molecule has 3 aliphatic rings. The van der Waals surface area contributed by atoms with Crippen molar-refractivity contribution in [3.05, 3.63) is 33.8 Å². The highest BCUT2D eigenvalue weighted by Crippen LogP contribution is 2.48. The zero-order valence-corrected chi connectivity index (χ0v) is 21.0. The SMILES string of the molecule is COCC1(C(=O)N2CCC(C(=O)N3C[C@@H](N(C)C(=O)O)[C@H](c4ccc(Cl)c(Cl)c4)C3)CC2)CC1. The first-order valence-electron chi connectivity index (χ1n) is 11.6. The molecule has 2 atom stereocenters. The summed E-state index contributed by atoms with van der Waals surface area (Å²) < 4.78 is 5.24. The van der Waals surface area contributed by atoms with Crippen molar-refractivity contribution in [2.75, 3.05) is 46.9 Å². The number of piperidine rings is 1. The zero-order valence-electron chi connectivity index (χ0n) is 19.5. The lowest BCUT2D eigenvalue weighted by Gasteiger charge is -2.35. The van der Waals surface area contributed by atoms with Crippen LogP contribution in [0.5, 0.6) is 0 Å². The Morgan fingerprint density at radius 1 is 1.12 bits per heavy atom. The minimum Gasteiger partial charge on any atom is -0.465 e. The van der Waals surface area contributed by atoms with Gasteiger partial charge in [0.15, 0.2) is 0 Å². The van der Waals surface area contributed by atoms with Crippen molar-refractivity contribution < 1.29 is 24.2 Å². The van der Waals surface area contributed by atoms with Crippen molar-refractivity contribution >= 4 is 41.1 Å². The highest BCUT2D eigenvalue weighted by Gasteiger charge is 2.52. The molecule has 10 heteroatoms. The Kier molecular flexibility index (Phi) is 7.31. The minimum absolute atomic E-state index is 0.0245. The Balaban J connectivity index is 1.42. The topological polar surface area (TPSA) is 90.4 Å². The number of likely N-dealkylation sites (N-methyl/N-ethyl adjacent to an activating group) is 1. The molecule has 0 aromatic heterocycles. The molecule has 0 unspecified atom stereocenters. The van der Waals surface area contributed by atoms with E-state index in [2.05, 4.69) is 0 Å². The molecule has 1 aromatic carbocycles. The number of methoxy groups -OCH3 is 1. The molecule has 4 rings (SSSR count). The fraction of sp³-hybridized carbons (Fsp3) is 0.625. The van der Waals surface area contributed by atoms with Gasteiger partial charge in [-0.15, -0.1) is 0 Å². The molecule has 186 valence electrons. The summed E-state index contributed by atoms with van der Waals surface area (Å²) in [5.41, 5.74) is 0.499. The predicted molar refractivity (Wildman–Crippen MR) is 128 cm³/mol. The number of halogens is 2. The number of carbonyl (C=O) groups excluding carboxylic acids is 2. The van der Waals surface area contributed by atoms with E-state index in [1.165, 1.54) is 11.9 Å². The Morgan fingerprint density at radius 3 is 2.35 bits per heavy atom. The quantitative estimate of drug-likeness (QED) is 0.630. The molecule has 2 heterocycles. The van der Waals surface area contributed by atoms with Crippen LogP contribution in [0.1, 0.15) is 37.2 Å². The Bertz CT molecular complexity index is 962. The first-order valence-corrected chi connectivity index (χ1v) is 12.4. The zero-order chi connectivity index (χ0) is 24.6. The molecule has 0 bridgehead atoms. The van der Waals surface area contributed by atoms with E-state index >= 15 is 0 Å². The largest absolute Gasteiger partial charge is 0.465 e. The van der Waals surface area contributed by atoms with E-state index in [-0.39, 0.29) is 35.1 Å². The molecule has 0 spiro atoms. The lowest BCUT2D eigenvalue weighted by Crippen LogP contribution is -2.47. The van der Waals surface area contributed by atoms with E-state index in [4.69, 9.17) is 27.9 Å². The van der Waals surface area contributed by atoms with Crippen LogP contribution in [0.4, 0.5) is 4.79 Å². The summed E-state index contributed by atoms with van der Waals surface area (Å²) in [6, 6.07) is 4.91. The van der Waals surface area contributed by atoms with Crippen molar-refractivity contribution in [3.8, 4) is 0 Å². The summed E-state index contributed by atoms with van der Waals surface area (Å²) in [6.07, 6.45) is 1.91. The minimum atomic E-state index is -1.04. The van der Waals surface area contributed by atoms with Crippen LogP contribution in [0.25, 0.3) is 0 Å². The van der Waals surface area contributed by atoms with Gasteiger partial charge in [0.25, 0.3) is 0 Å². The van der Waals surface area contributed by atoms with E-state index in [9.17, 15) is 19.5 Å². The molecular weight excluding hydrogens is 481 g/mol. The van der Waals surface area contributed by atoms with Crippen LogP contribution in [0.3, 0.4) is 0 Å². The molecule has 1 N–H and O–H groups in total.